The SMILES string of the molecule is CN(C)CC(C)(C)CNS(=O)(=O)c1ccc(O)c(N)c1. The molecule has 1 aromatic rings. The number of aromatic hydroxyl groups is 1. The van der Waals surface area contributed by atoms with Crippen LogP contribution in [0.3, 0.4) is 0 Å². The summed E-state index contributed by atoms with van der Waals surface area (Å²) in [5.74, 6) is -0.128. The number of nitrogens with zero attached hydrogens (tertiary/aromatic N) is 1. The van der Waals surface area contributed by atoms with Crippen molar-refractivity contribution in [3.8, 4) is 5.75 Å². The zero-order valence-electron chi connectivity index (χ0n) is 12.3. The van der Waals surface area contributed by atoms with Gasteiger partial charge in [-0.05, 0) is 37.7 Å². The summed E-state index contributed by atoms with van der Waals surface area (Å²) in [5, 5.41) is 9.32. The molecule has 0 aliphatic heterocycles. The number of rotatable bonds is 6. The summed E-state index contributed by atoms with van der Waals surface area (Å²) >= 11 is 0. The van der Waals surface area contributed by atoms with Gasteiger partial charge in [0, 0.05) is 13.1 Å². The van der Waals surface area contributed by atoms with E-state index in [4.69, 9.17) is 5.73 Å². The Bertz CT molecular complexity index is 568. The molecule has 4 N–H and O–H groups in total. The monoisotopic (exact) mass is 301 g/mol. The van der Waals surface area contributed by atoms with E-state index in [2.05, 4.69) is 4.72 Å². The Kier molecular flexibility index (Phi) is 5.01. The van der Waals surface area contributed by atoms with E-state index in [0.29, 0.717) is 6.54 Å². The van der Waals surface area contributed by atoms with Gasteiger partial charge < -0.3 is 15.7 Å². The summed E-state index contributed by atoms with van der Waals surface area (Å²) in [6.45, 7) is 5.04. The molecule has 0 spiro atoms. The normalized spacial score (nSPS) is 12.8. The van der Waals surface area contributed by atoms with Crippen LogP contribution in [0.1, 0.15) is 13.8 Å². The van der Waals surface area contributed by atoms with E-state index in [1.807, 2.05) is 32.8 Å². The summed E-state index contributed by atoms with van der Waals surface area (Å²) in [6.07, 6.45) is 0. The molecule has 0 fully saturated rings. The summed E-state index contributed by atoms with van der Waals surface area (Å²) in [7, 11) is 0.255. The van der Waals surface area contributed by atoms with Crippen LogP contribution < -0.4 is 10.5 Å². The van der Waals surface area contributed by atoms with Crippen LogP contribution >= 0.6 is 0 Å². The minimum Gasteiger partial charge on any atom is -0.506 e. The minimum atomic E-state index is -3.63. The molecule has 20 heavy (non-hydrogen) atoms. The molecule has 0 aliphatic rings. The summed E-state index contributed by atoms with van der Waals surface area (Å²) in [4.78, 5) is 2.06. The summed E-state index contributed by atoms with van der Waals surface area (Å²) in [5.41, 5.74) is 5.36. The number of hydrogen-bond donors (Lipinski definition) is 3. The molecular weight excluding hydrogens is 278 g/mol. The first-order chi connectivity index (χ1) is 9.03. The maximum absolute atomic E-state index is 12.2. The zero-order chi connectivity index (χ0) is 15.6. The Morgan fingerprint density at radius 3 is 2.45 bits per heavy atom. The average molecular weight is 301 g/mol. The van der Waals surface area contributed by atoms with Crippen LogP contribution in [-0.2, 0) is 10.0 Å². The van der Waals surface area contributed by atoms with Gasteiger partial charge in [-0.25, -0.2) is 13.1 Å². The fraction of sp³-hybridized carbons (Fsp3) is 0.538. The Labute approximate surface area is 120 Å². The van der Waals surface area contributed by atoms with Gasteiger partial charge in [-0.2, -0.15) is 0 Å². The first-order valence-corrected chi connectivity index (χ1v) is 7.75. The van der Waals surface area contributed by atoms with Crippen molar-refractivity contribution in [3.05, 3.63) is 18.2 Å². The predicted molar refractivity (Wildman–Crippen MR) is 80.0 cm³/mol. The Hall–Kier alpha value is -1.31. The first kappa shape index (κ1) is 16.7. The van der Waals surface area contributed by atoms with Crippen LogP contribution in [0.15, 0.2) is 23.1 Å². The summed E-state index contributed by atoms with van der Waals surface area (Å²) in [6, 6.07) is 3.85. The zero-order valence-corrected chi connectivity index (χ0v) is 13.2. The van der Waals surface area contributed by atoms with Gasteiger partial charge in [0.25, 0.3) is 0 Å². The standard InChI is InChI=1S/C13H23N3O3S/c1-13(2,9-16(3)4)8-15-20(18,19)10-5-6-12(17)11(14)7-10/h5-7,15,17H,8-9,14H2,1-4H3. The number of hydrogen-bond acceptors (Lipinski definition) is 5. The number of phenols is 1. The van der Waals surface area contributed by atoms with Crippen LogP contribution in [0.2, 0.25) is 0 Å². The lowest BCUT2D eigenvalue weighted by molar-refractivity contribution is 0.242. The molecule has 0 amide bonds. The van der Waals surface area contributed by atoms with Gasteiger partial charge in [0.15, 0.2) is 0 Å². The average Bonchev–Trinajstić information content (AvgIpc) is 2.29. The second-order valence-electron chi connectivity index (χ2n) is 5.95. The van der Waals surface area contributed by atoms with Gasteiger partial charge in [0.2, 0.25) is 10.0 Å². The van der Waals surface area contributed by atoms with Crippen molar-refractivity contribution in [3.63, 3.8) is 0 Å². The van der Waals surface area contributed by atoms with Gasteiger partial charge in [0.05, 0.1) is 10.6 Å². The molecule has 6 nitrogen and oxygen atoms in total. The van der Waals surface area contributed by atoms with E-state index in [9.17, 15) is 13.5 Å². The second kappa shape index (κ2) is 5.99. The highest BCUT2D eigenvalue weighted by atomic mass is 32.2. The number of benzene rings is 1. The van der Waals surface area contributed by atoms with E-state index in [0.717, 1.165) is 6.54 Å². The van der Waals surface area contributed by atoms with Gasteiger partial charge in [0.1, 0.15) is 5.75 Å². The highest BCUT2D eigenvalue weighted by Gasteiger charge is 2.23. The van der Waals surface area contributed by atoms with Gasteiger partial charge in [-0.1, -0.05) is 13.8 Å². The molecule has 1 aromatic carbocycles. The molecule has 0 bridgehead atoms. The predicted octanol–water partition coefficient (Wildman–Crippen LogP) is 0.840. The van der Waals surface area contributed by atoms with Crippen molar-refractivity contribution in [2.24, 2.45) is 5.41 Å². The number of nitrogen functional groups attached to an aromatic ring is 1. The van der Waals surface area contributed by atoms with Crippen LogP contribution in [-0.4, -0.2) is 45.6 Å². The quantitative estimate of drug-likeness (QED) is 0.534. The van der Waals surface area contributed by atoms with Gasteiger partial charge >= 0.3 is 0 Å². The maximum atomic E-state index is 12.2. The van der Waals surface area contributed by atoms with E-state index in [-0.39, 0.29) is 21.7 Å². The second-order valence-corrected chi connectivity index (χ2v) is 7.71. The van der Waals surface area contributed by atoms with Crippen LogP contribution in [0.5, 0.6) is 5.75 Å². The van der Waals surface area contributed by atoms with E-state index < -0.39 is 10.0 Å². The van der Waals surface area contributed by atoms with Crippen molar-refractivity contribution in [2.75, 3.05) is 32.9 Å². The molecule has 7 heteroatoms. The van der Waals surface area contributed by atoms with E-state index in [1.54, 1.807) is 0 Å². The third kappa shape index (κ3) is 4.66. The van der Waals surface area contributed by atoms with Crippen molar-refractivity contribution < 1.29 is 13.5 Å². The molecule has 0 unspecified atom stereocenters. The molecule has 0 heterocycles. The third-order valence-electron chi connectivity index (χ3n) is 2.79. The van der Waals surface area contributed by atoms with Crippen molar-refractivity contribution >= 4 is 15.7 Å². The highest BCUT2D eigenvalue weighted by molar-refractivity contribution is 7.89. The molecule has 0 atom stereocenters. The Balaban J connectivity index is 2.82. The largest absolute Gasteiger partial charge is 0.506 e. The molecule has 0 saturated heterocycles. The lowest BCUT2D eigenvalue weighted by Crippen LogP contribution is -2.39. The molecule has 0 aromatic heterocycles. The van der Waals surface area contributed by atoms with Crippen molar-refractivity contribution in [1.82, 2.24) is 9.62 Å². The van der Waals surface area contributed by atoms with Crippen LogP contribution in [0.25, 0.3) is 0 Å². The van der Waals surface area contributed by atoms with Crippen molar-refractivity contribution in [2.45, 2.75) is 18.7 Å². The van der Waals surface area contributed by atoms with Crippen molar-refractivity contribution in [1.29, 1.82) is 0 Å². The highest BCUT2D eigenvalue weighted by Crippen LogP contribution is 2.23. The van der Waals surface area contributed by atoms with Crippen LogP contribution in [0.4, 0.5) is 5.69 Å². The number of anilines is 1. The lowest BCUT2D eigenvalue weighted by atomic mass is 9.93. The van der Waals surface area contributed by atoms with Crippen LogP contribution in [0, 0.1) is 5.41 Å². The lowest BCUT2D eigenvalue weighted by Gasteiger charge is -2.28. The number of nitrogens with two attached hydrogens (primary N) is 1. The summed E-state index contributed by atoms with van der Waals surface area (Å²) < 4.78 is 26.9. The first-order valence-electron chi connectivity index (χ1n) is 6.26. The molecule has 0 radical (unpaired) electrons. The molecule has 1 rings (SSSR count). The molecule has 114 valence electrons. The topological polar surface area (TPSA) is 95.7 Å². The van der Waals surface area contributed by atoms with E-state index >= 15 is 0 Å². The number of phenolic OH excluding ortho intramolecular Hbond substituents is 1. The fourth-order valence-electron chi connectivity index (χ4n) is 1.99. The maximum Gasteiger partial charge on any atom is 0.240 e. The third-order valence-corrected chi connectivity index (χ3v) is 4.19. The Morgan fingerprint density at radius 1 is 1.35 bits per heavy atom. The molecule has 0 saturated carbocycles. The Morgan fingerprint density at radius 2 is 1.95 bits per heavy atom. The van der Waals surface area contributed by atoms with E-state index in [1.165, 1.54) is 18.2 Å². The smallest absolute Gasteiger partial charge is 0.240 e. The number of sulfonamides is 1. The molecule has 0 aliphatic carbocycles. The number of nitrogens with one attached hydrogen (secondary N) is 1. The molecular formula is C13H23N3O3S. The van der Waals surface area contributed by atoms with Gasteiger partial charge in [-0.15, -0.1) is 0 Å². The fourth-order valence-corrected chi connectivity index (χ4v) is 3.26. The van der Waals surface area contributed by atoms with Gasteiger partial charge in [-0.3, -0.25) is 0 Å². The minimum absolute atomic E-state index is 0.0421.